The van der Waals surface area contributed by atoms with Crippen LogP contribution in [-0.2, 0) is 13.6 Å². The minimum absolute atomic E-state index is 0.711. The second-order valence-electron chi connectivity index (χ2n) is 6.37. The van der Waals surface area contributed by atoms with E-state index in [1.165, 1.54) is 10.9 Å². The number of para-hydroxylation sites is 1. The van der Waals surface area contributed by atoms with Gasteiger partial charge in [0.1, 0.15) is 0 Å². The molecular formula is C17H27N3. The molecule has 0 bridgehead atoms. The molecule has 0 radical (unpaired) electrons. The third-order valence-electron chi connectivity index (χ3n) is 4.22. The second kappa shape index (κ2) is 6.40. The standard InChI is InChI=1S/C17H27N3/c1-12(2)15(13(3)4)10-18-11-16-14-8-6-7-9-17(14)20(5)19-16/h6-9,12-13,15,18H,10-11H2,1-5H3. The van der Waals surface area contributed by atoms with E-state index in [4.69, 9.17) is 0 Å². The summed E-state index contributed by atoms with van der Waals surface area (Å²) in [6.45, 7) is 11.1. The van der Waals surface area contributed by atoms with Gasteiger partial charge in [0.25, 0.3) is 0 Å². The van der Waals surface area contributed by atoms with Gasteiger partial charge in [-0.1, -0.05) is 45.9 Å². The van der Waals surface area contributed by atoms with Crippen LogP contribution in [-0.4, -0.2) is 16.3 Å². The maximum absolute atomic E-state index is 4.63. The predicted octanol–water partition coefficient (Wildman–Crippen LogP) is 3.59. The molecule has 0 saturated heterocycles. The summed E-state index contributed by atoms with van der Waals surface area (Å²) >= 11 is 0. The Balaban J connectivity index is 2.03. The lowest BCUT2D eigenvalue weighted by molar-refractivity contribution is 0.275. The molecule has 0 aliphatic carbocycles. The zero-order valence-electron chi connectivity index (χ0n) is 13.4. The van der Waals surface area contributed by atoms with E-state index in [1.54, 1.807) is 0 Å². The lowest BCUT2D eigenvalue weighted by atomic mass is 9.85. The summed E-state index contributed by atoms with van der Waals surface area (Å²) in [5.41, 5.74) is 2.35. The number of rotatable bonds is 6. The van der Waals surface area contributed by atoms with Crippen molar-refractivity contribution in [2.75, 3.05) is 6.54 Å². The van der Waals surface area contributed by atoms with Crippen molar-refractivity contribution in [3.8, 4) is 0 Å². The Bertz CT molecular complexity index is 546. The van der Waals surface area contributed by atoms with E-state index in [-0.39, 0.29) is 0 Å². The monoisotopic (exact) mass is 273 g/mol. The molecular weight excluding hydrogens is 246 g/mol. The molecule has 3 nitrogen and oxygen atoms in total. The van der Waals surface area contributed by atoms with E-state index in [1.807, 2.05) is 11.7 Å². The fourth-order valence-electron chi connectivity index (χ4n) is 3.02. The SMILES string of the molecule is CC(C)C(CNCc1nn(C)c2ccccc12)C(C)C. The highest BCUT2D eigenvalue weighted by atomic mass is 15.3. The molecule has 0 aliphatic rings. The average Bonchev–Trinajstić information content (AvgIpc) is 2.71. The van der Waals surface area contributed by atoms with Gasteiger partial charge in [-0.15, -0.1) is 0 Å². The Hall–Kier alpha value is -1.35. The minimum atomic E-state index is 0.711. The maximum atomic E-state index is 4.63. The van der Waals surface area contributed by atoms with Crippen LogP contribution in [0.2, 0.25) is 0 Å². The molecule has 1 heterocycles. The van der Waals surface area contributed by atoms with Gasteiger partial charge in [-0.3, -0.25) is 4.68 Å². The van der Waals surface area contributed by atoms with Crippen molar-refractivity contribution in [1.29, 1.82) is 0 Å². The first-order valence-corrected chi connectivity index (χ1v) is 7.62. The highest BCUT2D eigenvalue weighted by Crippen LogP contribution is 2.20. The fraction of sp³-hybridized carbons (Fsp3) is 0.588. The number of aryl methyl sites for hydroxylation is 1. The molecule has 2 aromatic rings. The van der Waals surface area contributed by atoms with Gasteiger partial charge in [0.05, 0.1) is 11.2 Å². The minimum Gasteiger partial charge on any atom is -0.311 e. The highest BCUT2D eigenvalue weighted by Gasteiger charge is 2.17. The average molecular weight is 273 g/mol. The topological polar surface area (TPSA) is 29.9 Å². The molecule has 1 aromatic heterocycles. The van der Waals surface area contributed by atoms with Gasteiger partial charge >= 0.3 is 0 Å². The second-order valence-corrected chi connectivity index (χ2v) is 6.37. The van der Waals surface area contributed by atoms with Crippen LogP contribution < -0.4 is 5.32 Å². The third kappa shape index (κ3) is 3.21. The van der Waals surface area contributed by atoms with Crippen molar-refractivity contribution in [1.82, 2.24) is 15.1 Å². The number of benzene rings is 1. The van der Waals surface area contributed by atoms with E-state index < -0.39 is 0 Å². The summed E-state index contributed by atoms with van der Waals surface area (Å²) in [5, 5.41) is 9.48. The first kappa shape index (κ1) is 15.0. The van der Waals surface area contributed by atoms with Crippen molar-refractivity contribution in [2.24, 2.45) is 24.8 Å². The quantitative estimate of drug-likeness (QED) is 0.871. The number of nitrogens with one attached hydrogen (secondary N) is 1. The number of hydrogen-bond donors (Lipinski definition) is 1. The first-order valence-electron chi connectivity index (χ1n) is 7.62. The summed E-state index contributed by atoms with van der Waals surface area (Å²) in [5.74, 6) is 2.14. The van der Waals surface area contributed by atoms with E-state index >= 15 is 0 Å². The molecule has 0 saturated carbocycles. The van der Waals surface area contributed by atoms with Crippen LogP contribution in [0.25, 0.3) is 10.9 Å². The van der Waals surface area contributed by atoms with Crippen LogP contribution in [0.4, 0.5) is 0 Å². The summed E-state index contributed by atoms with van der Waals surface area (Å²) in [4.78, 5) is 0. The van der Waals surface area contributed by atoms with Gasteiger partial charge < -0.3 is 5.32 Å². The molecule has 110 valence electrons. The molecule has 0 fully saturated rings. The van der Waals surface area contributed by atoms with E-state index in [0.717, 1.165) is 18.8 Å². The van der Waals surface area contributed by atoms with E-state index in [2.05, 4.69) is 62.4 Å². The van der Waals surface area contributed by atoms with Crippen LogP contribution in [0.1, 0.15) is 33.4 Å². The smallest absolute Gasteiger partial charge is 0.0841 e. The molecule has 0 unspecified atom stereocenters. The number of nitrogens with zero attached hydrogens (tertiary/aromatic N) is 2. The number of aromatic nitrogens is 2. The number of fused-ring (bicyclic) bond motifs is 1. The molecule has 1 N–H and O–H groups in total. The molecule has 1 aromatic carbocycles. The number of hydrogen-bond acceptors (Lipinski definition) is 2. The Morgan fingerprint density at radius 2 is 1.75 bits per heavy atom. The molecule has 20 heavy (non-hydrogen) atoms. The largest absolute Gasteiger partial charge is 0.311 e. The lowest BCUT2D eigenvalue weighted by Crippen LogP contribution is -2.29. The van der Waals surface area contributed by atoms with Crippen LogP contribution in [0.3, 0.4) is 0 Å². The Labute approximate surface area is 122 Å². The molecule has 0 amide bonds. The van der Waals surface area contributed by atoms with Crippen LogP contribution in [0, 0.1) is 17.8 Å². The molecule has 0 spiro atoms. The predicted molar refractivity (Wildman–Crippen MR) is 85.6 cm³/mol. The van der Waals surface area contributed by atoms with Crippen molar-refractivity contribution >= 4 is 10.9 Å². The third-order valence-corrected chi connectivity index (χ3v) is 4.22. The maximum Gasteiger partial charge on any atom is 0.0841 e. The van der Waals surface area contributed by atoms with Crippen molar-refractivity contribution in [3.63, 3.8) is 0 Å². The fourth-order valence-corrected chi connectivity index (χ4v) is 3.02. The Kier molecular flexibility index (Phi) is 4.81. The van der Waals surface area contributed by atoms with Gasteiger partial charge in [-0.2, -0.15) is 5.10 Å². The highest BCUT2D eigenvalue weighted by molar-refractivity contribution is 5.81. The summed E-state index contributed by atoms with van der Waals surface area (Å²) < 4.78 is 1.97. The zero-order chi connectivity index (χ0) is 14.7. The van der Waals surface area contributed by atoms with Gasteiger partial charge in [-0.05, 0) is 30.4 Å². The molecule has 0 atom stereocenters. The first-order chi connectivity index (χ1) is 9.50. The van der Waals surface area contributed by atoms with Gasteiger partial charge in [0, 0.05) is 19.0 Å². The van der Waals surface area contributed by atoms with Gasteiger partial charge in [0.2, 0.25) is 0 Å². The van der Waals surface area contributed by atoms with Crippen molar-refractivity contribution in [2.45, 2.75) is 34.2 Å². The summed E-state index contributed by atoms with van der Waals surface area (Å²) in [6.07, 6.45) is 0. The Morgan fingerprint density at radius 1 is 1.10 bits per heavy atom. The Morgan fingerprint density at radius 3 is 2.40 bits per heavy atom. The van der Waals surface area contributed by atoms with Crippen LogP contribution in [0.5, 0.6) is 0 Å². The normalized spacial score (nSPS) is 12.2. The summed E-state index contributed by atoms with van der Waals surface area (Å²) in [6, 6.07) is 8.42. The van der Waals surface area contributed by atoms with Gasteiger partial charge in [0.15, 0.2) is 0 Å². The van der Waals surface area contributed by atoms with Crippen molar-refractivity contribution in [3.05, 3.63) is 30.0 Å². The van der Waals surface area contributed by atoms with E-state index in [0.29, 0.717) is 17.8 Å². The molecule has 2 rings (SSSR count). The zero-order valence-corrected chi connectivity index (χ0v) is 13.4. The van der Waals surface area contributed by atoms with Crippen molar-refractivity contribution < 1.29 is 0 Å². The van der Waals surface area contributed by atoms with Crippen LogP contribution in [0.15, 0.2) is 24.3 Å². The molecule has 3 heteroatoms. The lowest BCUT2D eigenvalue weighted by Gasteiger charge is -2.25. The summed E-state index contributed by atoms with van der Waals surface area (Å²) in [7, 11) is 2.01. The molecule has 0 aliphatic heterocycles. The van der Waals surface area contributed by atoms with Gasteiger partial charge in [-0.25, -0.2) is 0 Å². The van der Waals surface area contributed by atoms with Crippen LogP contribution >= 0.6 is 0 Å². The van der Waals surface area contributed by atoms with E-state index in [9.17, 15) is 0 Å².